The Bertz CT molecular complexity index is 5680. The van der Waals surface area contributed by atoms with Crippen molar-refractivity contribution in [2.45, 2.75) is 284 Å². The van der Waals surface area contributed by atoms with Crippen molar-refractivity contribution in [1.82, 2.24) is 0 Å². The van der Waals surface area contributed by atoms with Gasteiger partial charge in [-0.2, -0.15) is 0 Å². The lowest BCUT2D eigenvalue weighted by Crippen LogP contribution is -2.30. The van der Waals surface area contributed by atoms with Gasteiger partial charge in [-0.3, -0.25) is 9.59 Å². The second-order valence-corrected chi connectivity index (χ2v) is 44.9. The first-order chi connectivity index (χ1) is 66.3. The van der Waals surface area contributed by atoms with Crippen LogP contribution in [0.5, 0.6) is 17.2 Å². The molecule has 0 spiro atoms. The molecule has 9 nitrogen and oxygen atoms in total. The number of hydrogen-bond acceptors (Lipinski definition) is 9. The molecular weight excluding hydrogens is 1710 g/mol. The van der Waals surface area contributed by atoms with Crippen LogP contribution in [0.4, 0.5) is 56.9 Å². The van der Waals surface area contributed by atoms with Gasteiger partial charge in [-0.1, -0.05) is 347 Å². The van der Waals surface area contributed by atoms with Crippen LogP contribution < -0.4 is 33.8 Å². The molecule has 0 N–H and O–H groups in total. The number of benzene rings is 13. The van der Waals surface area contributed by atoms with Crippen LogP contribution in [0.2, 0.25) is 0 Å². The molecule has 13 aromatic carbocycles. The van der Waals surface area contributed by atoms with E-state index in [2.05, 4.69) is 408 Å². The molecule has 140 heavy (non-hydrogen) atoms. The van der Waals surface area contributed by atoms with Gasteiger partial charge in [-0.05, 0) is 320 Å². The van der Waals surface area contributed by atoms with Crippen LogP contribution in [0.3, 0.4) is 0 Å². The van der Waals surface area contributed by atoms with E-state index in [1.807, 2.05) is 121 Å². The molecule has 0 saturated carbocycles. The summed E-state index contributed by atoms with van der Waals surface area (Å²) in [5, 5.41) is 0. The van der Waals surface area contributed by atoms with Gasteiger partial charge in [0, 0.05) is 92.2 Å². The van der Waals surface area contributed by atoms with Crippen LogP contribution in [0.25, 0.3) is 0 Å². The molecule has 0 bridgehead atoms. The number of carbonyl (C=O) groups is 2. The first kappa shape index (κ1) is 110. The third kappa shape index (κ3) is 32.2. The molecule has 0 radical (unpaired) electrons. The van der Waals surface area contributed by atoms with Gasteiger partial charge in [0.05, 0.1) is 19.8 Å². The lowest BCUT2D eigenvalue weighted by atomic mass is 9.86. The third-order valence-electron chi connectivity index (χ3n) is 25.7. The van der Waals surface area contributed by atoms with Gasteiger partial charge in [0.1, 0.15) is 17.2 Å². The molecule has 13 aromatic rings. The van der Waals surface area contributed by atoms with Crippen molar-refractivity contribution < 1.29 is 23.8 Å². The van der Waals surface area contributed by atoms with E-state index in [4.69, 9.17) is 14.2 Å². The zero-order chi connectivity index (χ0) is 102. The highest BCUT2D eigenvalue weighted by Gasteiger charge is 2.25. The summed E-state index contributed by atoms with van der Waals surface area (Å²) in [7, 11) is 0. The number of ether oxygens (including phenoxy) is 3. The van der Waals surface area contributed by atoms with Crippen molar-refractivity contribution >= 4 is 68.4 Å². The van der Waals surface area contributed by atoms with E-state index in [9.17, 15) is 9.59 Å². The number of fused-ring (bicyclic) bond motifs is 1. The Balaban J connectivity index is 0.000000190. The molecule has 1 heterocycles. The quantitative estimate of drug-likeness (QED) is 0.0312. The highest BCUT2D eigenvalue weighted by molar-refractivity contribution is 6.10. The Kier molecular flexibility index (Phi) is 39.8. The van der Waals surface area contributed by atoms with Crippen LogP contribution in [0, 0.1) is 17.8 Å². The van der Waals surface area contributed by atoms with Crippen molar-refractivity contribution in [2.75, 3.05) is 52.5 Å². The lowest BCUT2D eigenvalue weighted by Gasteiger charge is -2.32. The van der Waals surface area contributed by atoms with Crippen molar-refractivity contribution in [1.29, 1.82) is 0 Å². The number of anilines is 10. The van der Waals surface area contributed by atoms with E-state index < -0.39 is 0 Å². The maximum atomic E-state index is 13.4. The SMILES string of the molecule is CC(C)COc1ccc(C(C)C)cc1.CC(C)COc1ccc(N(c2ccc(OCC(C)C)cc2)c2ccc(C(C)C)cc2)cc1.CC(C)c1ccc(N(c2ccc(C(=O)c3ccc(C(C)(C)C)cc3)cc2)c2ccc(C(=O)c3ccc(C(C)(C)C)cc3)cc2)cc1.CC(C)c1ccc(N(c2ccc(C(C)(C)C)cc2)c2ccc(C(C)(C)C)cc2)cc1.CCCCCN1CCCc2cc(C(C)C)ccc21. The van der Waals surface area contributed by atoms with Gasteiger partial charge in [0.25, 0.3) is 0 Å². The Labute approximate surface area is 845 Å². The maximum Gasteiger partial charge on any atom is 0.193 e. The van der Waals surface area contributed by atoms with Crippen molar-refractivity contribution in [3.8, 4) is 17.2 Å². The van der Waals surface area contributed by atoms with E-state index in [1.54, 1.807) is 5.56 Å². The second kappa shape index (κ2) is 50.8. The van der Waals surface area contributed by atoms with E-state index >= 15 is 0 Å². The Hall–Kier alpha value is -12.2. The molecule has 0 aromatic heterocycles. The van der Waals surface area contributed by atoms with Gasteiger partial charge >= 0.3 is 0 Å². The Morgan fingerprint density at radius 3 is 0.736 bits per heavy atom. The predicted octanol–water partition coefficient (Wildman–Crippen LogP) is 37.2. The Morgan fingerprint density at radius 1 is 0.279 bits per heavy atom. The first-order valence-corrected chi connectivity index (χ1v) is 51.8. The van der Waals surface area contributed by atoms with E-state index in [0.717, 1.165) is 71.2 Å². The second-order valence-electron chi connectivity index (χ2n) is 44.9. The number of unbranched alkanes of at least 4 members (excludes halogenated alkanes) is 2. The van der Waals surface area contributed by atoms with Crippen LogP contribution in [-0.4, -0.2) is 44.5 Å². The number of rotatable bonds is 31. The van der Waals surface area contributed by atoms with E-state index in [0.29, 0.717) is 69.6 Å². The fraction of sp³-hybridized carbons (Fsp3) is 0.389. The largest absolute Gasteiger partial charge is 0.493 e. The summed E-state index contributed by atoms with van der Waals surface area (Å²) in [6.45, 7) is 68.8. The van der Waals surface area contributed by atoms with Gasteiger partial charge in [0.15, 0.2) is 11.6 Å². The highest BCUT2D eigenvalue weighted by Crippen LogP contribution is 2.43. The minimum atomic E-state index is -0.00163. The fourth-order valence-corrected chi connectivity index (χ4v) is 16.6. The summed E-state index contributed by atoms with van der Waals surface area (Å²) in [4.78, 5) is 36.1. The molecule has 1 aliphatic heterocycles. The number of ketones is 2. The minimum absolute atomic E-state index is 0.00163. The number of carbonyl (C=O) groups excluding carboxylic acids is 2. The lowest BCUT2D eigenvalue weighted by molar-refractivity contribution is 0.103. The Morgan fingerprint density at radius 2 is 0.493 bits per heavy atom. The highest BCUT2D eigenvalue weighted by atomic mass is 16.5. The molecule has 0 atom stereocenters. The van der Waals surface area contributed by atoms with E-state index in [1.165, 1.54) is 118 Å². The first-order valence-electron chi connectivity index (χ1n) is 51.8. The molecule has 0 saturated heterocycles. The van der Waals surface area contributed by atoms with Crippen LogP contribution >= 0.6 is 0 Å². The maximum absolute atomic E-state index is 13.4. The molecule has 0 amide bonds. The summed E-state index contributed by atoms with van der Waals surface area (Å²) >= 11 is 0. The molecule has 0 aliphatic carbocycles. The summed E-state index contributed by atoms with van der Waals surface area (Å²) < 4.78 is 17.4. The van der Waals surface area contributed by atoms with Crippen molar-refractivity contribution in [3.63, 3.8) is 0 Å². The molecule has 0 unspecified atom stereocenters. The molecular formula is C131H166N4O5. The summed E-state index contributed by atoms with van der Waals surface area (Å²) in [6, 6.07) is 108. The minimum Gasteiger partial charge on any atom is -0.493 e. The van der Waals surface area contributed by atoms with Crippen LogP contribution in [0.1, 0.15) is 344 Å². The monoisotopic (exact) mass is 1880 g/mol. The predicted molar refractivity (Wildman–Crippen MR) is 602 cm³/mol. The number of nitrogens with zero attached hydrogens (tertiary/aromatic N) is 4. The summed E-state index contributed by atoms with van der Waals surface area (Å²) in [5.74, 6) is 7.05. The fourth-order valence-electron chi connectivity index (χ4n) is 16.6. The van der Waals surface area contributed by atoms with Gasteiger partial charge in [-0.25, -0.2) is 0 Å². The number of aryl methyl sites for hydroxylation is 1. The molecule has 740 valence electrons. The topological polar surface area (TPSA) is 74.8 Å². The average Bonchev–Trinajstić information content (AvgIpc) is 0.804. The van der Waals surface area contributed by atoms with Gasteiger partial charge in [0.2, 0.25) is 0 Å². The summed E-state index contributed by atoms with van der Waals surface area (Å²) in [5.41, 5.74) is 27.7. The van der Waals surface area contributed by atoms with Crippen LogP contribution in [-0.2, 0) is 28.1 Å². The third-order valence-corrected chi connectivity index (χ3v) is 25.7. The van der Waals surface area contributed by atoms with E-state index in [-0.39, 0.29) is 33.2 Å². The normalized spacial score (nSPS) is 12.1. The zero-order valence-corrected chi connectivity index (χ0v) is 90.5. The number of hydrogen-bond donors (Lipinski definition) is 0. The smallest absolute Gasteiger partial charge is 0.193 e. The van der Waals surface area contributed by atoms with Crippen LogP contribution in [0.15, 0.2) is 309 Å². The van der Waals surface area contributed by atoms with Crippen molar-refractivity contribution in [3.05, 3.63) is 387 Å². The van der Waals surface area contributed by atoms with Gasteiger partial charge < -0.3 is 33.8 Å². The molecule has 14 rings (SSSR count). The van der Waals surface area contributed by atoms with Crippen molar-refractivity contribution in [2.24, 2.45) is 17.8 Å². The average molecular weight is 1880 g/mol. The molecule has 1 aliphatic rings. The molecule has 9 heteroatoms. The zero-order valence-electron chi connectivity index (χ0n) is 90.5. The molecule has 0 fully saturated rings. The standard InChI is InChI=1S/C43H45NO2.C29H37NO2.C29H37N.C17H27N.C13H20O/c1-29(2)30-13-23-37(24-14-30)44(38-25-15-33(16-26-38)40(45)31-9-19-35(20-10-31)42(3,4)5)39-27-17-34(18-28-39)41(46)32-11-21-36(22-12-32)43(6,7)8;1-21(2)19-31-28-15-11-26(12-16-28)30(25-9-7-24(8-10-25)23(5)6)27-13-17-29(18-14-27)32-20-22(3)4;1-21(2)22-9-15-25(16-10-22)30(26-17-11-23(12-18-26)28(3,4)5)27-19-13-24(14-20-27)29(6,7)8;1-4-5-6-11-18-12-7-8-16-13-15(14(2)3)9-10-17(16)18;1-10(2)9-14-13-7-5-12(6-8-13)11(3)4/h9-29H,1-8H3;7-18,21-23H,19-20H2,1-6H3;9-21H,1-8H3;9-10,13-14H,4-8,11-12H2,1-3H3;5-8,10-11H,9H2,1-4H3. The van der Waals surface area contributed by atoms with Gasteiger partial charge in [-0.15, -0.1) is 0 Å². The summed E-state index contributed by atoms with van der Waals surface area (Å²) in [6.07, 6.45) is 6.59.